The minimum Gasteiger partial charge on any atom is -0.494 e. The van der Waals surface area contributed by atoms with Crippen molar-refractivity contribution in [3.8, 4) is 23.0 Å². The van der Waals surface area contributed by atoms with Crippen molar-refractivity contribution in [2.45, 2.75) is 20.1 Å². The first-order valence-electron chi connectivity index (χ1n) is 8.88. The summed E-state index contributed by atoms with van der Waals surface area (Å²) in [6, 6.07) is 7.28. The van der Waals surface area contributed by atoms with Gasteiger partial charge in [-0.2, -0.15) is 0 Å². The van der Waals surface area contributed by atoms with Crippen molar-refractivity contribution in [2.24, 2.45) is 0 Å². The van der Waals surface area contributed by atoms with E-state index >= 15 is 0 Å². The van der Waals surface area contributed by atoms with Crippen molar-refractivity contribution in [3.05, 3.63) is 24.3 Å². The van der Waals surface area contributed by atoms with E-state index in [2.05, 4.69) is 0 Å². The average Bonchev–Trinajstić information content (AvgIpc) is 2.78. The second-order valence-corrected chi connectivity index (χ2v) is 8.16. The minimum absolute atomic E-state index is 0.633. The molecule has 0 saturated carbocycles. The van der Waals surface area contributed by atoms with Gasteiger partial charge in [0.15, 0.2) is 0 Å². The van der Waals surface area contributed by atoms with Gasteiger partial charge in [0.1, 0.15) is 65.2 Å². The van der Waals surface area contributed by atoms with E-state index in [4.69, 9.17) is 38.9 Å². The summed E-state index contributed by atoms with van der Waals surface area (Å²) in [5.74, 6) is 2.53. The summed E-state index contributed by atoms with van der Waals surface area (Å²) in [5.41, 5.74) is 2.56. The maximum absolute atomic E-state index is 5.47. The van der Waals surface area contributed by atoms with Crippen LogP contribution in [-0.2, 0) is 0 Å². The van der Waals surface area contributed by atoms with Crippen LogP contribution in [0, 0.1) is 0 Å². The molecular formula is C20H16N4O4S2. The zero-order valence-electron chi connectivity index (χ0n) is 16.5. The lowest BCUT2D eigenvalue weighted by molar-refractivity contribution is 0.408. The fraction of sp³-hybridized carbons (Fsp3) is 0.200. The Kier molecular flexibility index (Phi) is 4.67. The molecule has 10 heteroatoms. The van der Waals surface area contributed by atoms with E-state index in [0.29, 0.717) is 45.1 Å². The third kappa shape index (κ3) is 2.86. The number of hydrogen-bond donors (Lipinski definition) is 0. The maximum Gasteiger partial charge on any atom is 0.147 e. The second kappa shape index (κ2) is 7.37. The summed E-state index contributed by atoms with van der Waals surface area (Å²) in [4.78, 5) is 19.2. The van der Waals surface area contributed by atoms with Crippen molar-refractivity contribution in [1.29, 1.82) is 0 Å². The van der Waals surface area contributed by atoms with Crippen LogP contribution in [0.3, 0.4) is 0 Å². The summed E-state index contributed by atoms with van der Waals surface area (Å²) in [7, 11) is 6.43. The fourth-order valence-electron chi connectivity index (χ4n) is 3.22. The lowest BCUT2D eigenvalue weighted by Gasteiger charge is -2.18. The molecule has 0 bridgehead atoms. The molecule has 0 fully saturated rings. The third-order valence-corrected chi connectivity index (χ3v) is 6.81. The summed E-state index contributed by atoms with van der Waals surface area (Å²) in [6.45, 7) is 0. The molecule has 0 N–H and O–H groups in total. The van der Waals surface area contributed by atoms with Crippen LogP contribution < -0.4 is 18.9 Å². The predicted molar refractivity (Wildman–Crippen MR) is 114 cm³/mol. The van der Waals surface area contributed by atoms with Gasteiger partial charge in [-0.25, -0.2) is 19.9 Å². The highest BCUT2D eigenvalue weighted by Crippen LogP contribution is 2.48. The van der Waals surface area contributed by atoms with Crippen molar-refractivity contribution >= 4 is 45.6 Å². The van der Waals surface area contributed by atoms with Gasteiger partial charge in [0.2, 0.25) is 0 Å². The van der Waals surface area contributed by atoms with Crippen LogP contribution in [0.2, 0.25) is 0 Å². The molecule has 1 aliphatic rings. The van der Waals surface area contributed by atoms with E-state index in [-0.39, 0.29) is 0 Å². The molecular weight excluding hydrogens is 424 g/mol. The molecule has 3 heterocycles. The Bertz CT molecular complexity index is 1120. The Labute approximate surface area is 180 Å². The monoisotopic (exact) mass is 440 g/mol. The molecule has 0 atom stereocenters. The molecule has 1 aliphatic heterocycles. The molecule has 0 radical (unpaired) electrons. The van der Waals surface area contributed by atoms with E-state index in [1.165, 1.54) is 23.5 Å². The zero-order valence-corrected chi connectivity index (χ0v) is 18.2. The van der Waals surface area contributed by atoms with Gasteiger partial charge in [0, 0.05) is 0 Å². The van der Waals surface area contributed by atoms with E-state index in [0.717, 1.165) is 20.1 Å². The molecule has 5 rings (SSSR count). The van der Waals surface area contributed by atoms with Gasteiger partial charge in [-0.05, 0) is 47.8 Å². The number of aromatic nitrogens is 4. The van der Waals surface area contributed by atoms with E-state index in [1.54, 1.807) is 28.4 Å². The Hall–Kier alpha value is -2.98. The molecule has 0 unspecified atom stereocenters. The summed E-state index contributed by atoms with van der Waals surface area (Å²) >= 11 is 2.83. The van der Waals surface area contributed by atoms with Gasteiger partial charge in [-0.15, -0.1) is 0 Å². The maximum atomic E-state index is 5.47. The molecule has 152 valence electrons. The van der Waals surface area contributed by atoms with Gasteiger partial charge >= 0.3 is 0 Å². The van der Waals surface area contributed by atoms with Crippen LogP contribution >= 0.6 is 23.5 Å². The first kappa shape index (κ1) is 19.0. The number of hydrogen-bond acceptors (Lipinski definition) is 10. The summed E-state index contributed by atoms with van der Waals surface area (Å²) in [5, 5.41) is 2.95. The number of benzene rings is 2. The SMILES string of the molecule is COc1ccc(OC)c2nc3c(nc12)Sc1nc2c(OC)ccc(OC)c2nc1S3. The van der Waals surface area contributed by atoms with Gasteiger partial charge in [0.25, 0.3) is 0 Å². The average molecular weight is 441 g/mol. The largest absolute Gasteiger partial charge is 0.494 e. The highest BCUT2D eigenvalue weighted by atomic mass is 32.2. The fourth-order valence-corrected chi connectivity index (χ4v) is 5.17. The molecule has 2 aromatic carbocycles. The molecule has 2 aromatic heterocycles. The summed E-state index contributed by atoms with van der Waals surface area (Å²) in [6.07, 6.45) is 0. The van der Waals surface area contributed by atoms with Crippen LogP contribution in [0.15, 0.2) is 44.4 Å². The van der Waals surface area contributed by atoms with Crippen molar-refractivity contribution in [3.63, 3.8) is 0 Å². The van der Waals surface area contributed by atoms with Crippen LogP contribution in [0.4, 0.5) is 0 Å². The molecule has 8 nitrogen and oxygen atoms in total. The highest BCUT2D eigenvalue weighted by Gasteiger charge is 2.26. The van der Waals surface area contributed by atoms with Crippen LogP contribution in [0.5, 0.6) is 23.0 Å². The number of nitrogens with zero attached hydrogens (tertiary/aromatic N) is 4. The summed E-state index contributed by atoms with van der Waals surface area (Å²) < 4.78 is 21.9. The van der Waals surface area contributed by atoms with Crippen molar-refractivity contribution < 1.29 is 18.9 Å². The van der Waals surface area contributed by atoms with Gasteiger partial charge < -0.3 is 18.9 Å². The van der Waals surface area contributed by atoms with E-state index < -0.39 is 0 Å². The van der Waals surface area contributed by atoms with E-state index in [9.17, 15) is 0 Å². The number of fused-ring (bicyclic) bond motifs is 4. The molecule has 0 amide bonds. The highest BCUT2D eigenvalue weighted by molar-refractivity contribution is 8.04. The van der Waals surface area contributed by atoms with Crippen LogP contribution in [-0.4, -0.2) is 48.4 Å². The number of rotatable bonds is 4. The molecule has 4 aromatic rings. The van der Waals surface area contributed by atoms with Gasteiger partial charge in [0.05, 0.1) is 28.4 Å². The number of methoxy groups -OCH3 is 4. The first-order valence-corrected chi connectivity index (χ1v) is 10.5. The topological polar surface area (TPSA) is 88.5 Å². The molecule has 0 saturated heterocycles. The number of ether oxygens (including phenoxy) is 4. The van der Waals surface area contributed by atoms with Crippen LogP contribution in [0.1, 0.15) is 0 Å². The first-order chi connectivity index (χ1) is 14.7. The standard InChI is InChI=1S/C20H16N4O4S2/c1-25-9-5-6-10(26-2)14-13(9)21-17-18(22-14)30-20-19(29-17)23-15-11(27-3)7-8-12(28-4)16(15)24-20/h5-8H,1-4H3. The van der Waals surface area contributed by atoms with Crippen molar-refractivity contribution in [1.82, 2.24) is 19.9 Å². The normalized spacial score (nSPS) is 12.4. The third-order valence-electron chi connectivity index (χ3n) is 4.64. The van der Waals surface area contributed by atoms with E-state index in [1.807, 2.05) is 24.3 Å². The Morgan fingerprint density at radius 2 is 0.700 bits per heavy atom. The van der Waals surface area contributed by atoms with Gasteiger partial charge in [-0.1, -0.05) is 0 Å². The van der Waals surface area contributed by atoms with Crippen LogP contribution in [0.25, 0.3) is 22.1 Å². The smallest absolute Gasteiger partial charge is 0.147 e. The lowest BCUT2D eigenvalue weighted by atomic mass is 10.2. The Morgan fingerprint density at radius 3 is 0.900 bits per heavy atom. The van der Waals surface area contributed by atoms with Crippen molar-refractivity contribution in [2.75, 3.05) is 28.4 Å². The minimum atomic E-state index is 0.633. The molecule has 0 aliphatic carbocycles. The van der Waals surface area contributed by atoms with Gasteiger partial charge in [-0.3, -0.25) is 0 Å². The Balaban J connectivity index is 1.71. The predicted octanol–water partition coefficient (Wildman–Crippen LogP) is 4.22. The molecule has 30 heavy (non-hydrogen) atoms. The lowest BCUT2D eigenvalue weighted by Crippen LogP contribution is -2.03. The quantitative estimate of drug-likeness (QED) is 0.405. The Morgan fingerprint density at radius 1 is 0.467 bits per heavy atom. The second-order valence-electron chi connectivity index (χ2n) is 6.21. The molecule has 0 spiro atoms. The zero-order chi connectivity index (χ0) is 20.8.